The maximum absolute atomic E-state index is 11.5. The van der Waals surface area contributed by atoms with E-state index in [0.717, 1.165) is 16.5 Å². The Hall–Kier alpha value is -2.76. The van der Waals surface area contributed by atoms with Crippen LogP contribution in [-0.2, 0) is 6.61 Å². The minimum Gasteiger partial charge on any atom is -0.485 e. The van der Waals surface area contributed by atoms with E-state index in [0.29, 0.717) is 32.8 Å². The second-order valence-electron chi connectivity index (χ2n) is 6.03. The van der Waals surface area contributed by atoms with E-state index >= 15 is 0 Å². The minimum atomic E-state index is -0.391. The molecule has 0 fully saturated rings. The first-order valence-electron chi connectivity index (χ1n) is 8.07. The van der Waals surface area contributed by atoms with Crippen LogP contribution in [0.3, 0.4) is 0 Å². The summed E-state index contributed by atoms with van der Waals surface area (Å²) in [6, 6.07) is 13.7. The van der Waals surface area contributed by atoms with Crippen molar-refractivity contribution >= 4 is 34.2 Å². The SMILES string of the molecule is Cc1cc(=O)oc2cc(OCc3cc(-c4cc(Cl)cc(Cl)c4)no3)ccc12. The lowest BCUT2D eigenvalue weighted by Crippen LogP contribution is -1.98. The van der Waals surface area contributed by atoms with Crippen LogP contribution in [0.1, 0.15) is 11.3 Å². The Morgan fingerprint density at radius 3 is 2.59 bits per heavy atom. The van der Waals surface area contributed by atoms with Gasteiger partial charge < -0.3 is 13.7 Å². The number of ether oxygens (including phenoxy) is 1. The summed E-state index contributed by atoms with van der Waals surface area (Å²) in [6.45, 7) is 2.03. The lowest BCUT2D eigenvalue weighted by Gasteiger charge is -2.05. The van der Waals surface area contributed by atoms with E-state index in [9.17, 15) is 4.79 Å². The number of aryl methyl sites for hydroxylation is 1. The summed E-state index contributed by atoms with van der Waals surface area (Å²) in [5, 5.41) is 5.92. The third-order valence-corrected chi connectivity index (χ3v) is 4.46. The van der Waals surface area contributed by atoms with Crippen LogP contribution in [0.25, 0.3) is 22.2 Å². The van der Waals surface area contributed by atoms with Crippen molar-refractivity contribution in [2.75, 3.05) is 0 Å². The minimum absolute atomic E-state index is 0.169. The number of hydrogen-bond acceptors (Lipinski definition) is 5. The third kappa shape index (κ3) is 3.84. The lowest BCUT2D eigenvalue weighted by molar-refractivity contribution is 0.249. The Morgan fingerprint density at radius 2 is 1.81 bits per heavy atom. The highest BCUT2D eigenvalue weighted by atomic mass is 35.5. The first kappa shape index (κ1) is 17.6. The van der Waals surface area contributed by atoms with Gasteiger partial charge in [0.25, 0.3) is 0 Å². The molecule has 5 nitrogen and oxygen atoms in total. The number of halogens is 2. The van der Waals surface area contributed by atoms with E-state index in [1.807, 2.05) is 19.1 Å². The molecule has 0 radical (unpaired) electrons. The van der Waals surface area contributed by atoms with Crippen molar-refractivity contribution in [3.8, 4) is 17.0 Å². The predicted molar refractivity (Wildman–Crippen MR) is 104 cm³/mol. The van der Waals surface area contributed by atoms with Crippen molar-refractivity contribution in [1.29, 1.82) is 0 Å². The summed E-state index contributed by atoms with van der Waals surface area (Å²) in [7, 11) is 0. The number of fused-ring (bicyclic) bond motifs is 1. The Morgan fingerprint density at radius 1 is 1.04 bits per heavy atom. The Kier molecular flexibility index (Phi) is 4.64. The van der Waals surface area contributed by atoms with Gasteiger partial charge in [0, 0.05) is 39.2 Å². The monoisotopic (exact) mass is 401 g/mol. The van der Waals surface area contributed by atoms with Crippen LogP contribution in [0.5, 0.6) is 5.75 Å². The Balaban J connectivity index is 1.53. The standard InChI is InChI=1S/C20H13Cl2NO4/c1-11-4-20(24)26-19-9-15(2-3-17(11)19)25-10-16-8-18(23-27-16)12-5-13(21)7-14(22)6-12/h2-9H,10H2,1H3. The first-order valence-corrected chi connectivity index (χ1v) is 8.83. The van der Waals surface area contributed by atoms with Gasteiger partial charge in [-0.05, 0) is 42.8 Å². The van der Waals surface area contributed by atoms with Gasteiger partial charge in [-0.15, -0.1) is 0 Å². The van der Waals surface area contributed by atoms with Crippen molar-refractivity contribution < 1.29 is 13.7 Å². The highest BCUT2D eigenvalue weighted by molar-refractivity contribution is 6.35. The summed E-state index contributed by atoms with van der Waals surface area (Å²) in [5.74, 6) is 1.09. The first-order chi connectivity index (χ1) is 13.0. The summed E-state index contributed by atoms with van der Waals surface area (Å²) in [5.41, 5.74) is 2.30. The van der Waals surface area contributed by atoms with Crippen LogP contribution in [0.15, 0.2) is 62.3 Å². The van der Waals surface area contributed by atoms with Crippen LogP contribution >= 0.6 is 23.2 Å². The van der Waals surface area contributed by atoms with E-state index in [-0.39, 0.29) is 6.61 Å². The number of aromatic nitrogens is 1. The summed E-state index contributed by atoms with van der Waals surface area (Å²) >= 11 is 12.0. The second kappa shape index (κ2) is 7.10. The van der Waals surface area contributed by atoms with Gasteiger partial charge in [-0.1, -0.05) is 28.4 Å². The number of hydrogen-bond donors (Lipinski definition) is 0. The molecule has 0 saturated carbocycles. The average Bonchev–Trinajstić information content (AvgIpc) is 3.07. The zero-order valence-electron chi connectivity index (χ0n) is 14.2. The Labute approximate surface area is 164 Å². The molecule has 4 aromatic rings. The highest BCUT2D eigenvalue weighted by Crippen LogP contribution is 2.28. The maximum Gasteiger partial charge on any atom is 0.336 e. The average molecular weight is 402 g/mol. The molecule has 2 aromatic heterocycles. The smallest absolute Gasteiger partial charge is 0.336 e. The Bertz CT molecular complexity index is 1180. The molecule has 4 rings (SSSR count). The van der Waals surface area contributed by atoms with Crippen molar-refractivity contribution in [3.05, 3.63) is 80.3 Å². The largest absolute Gasteiger partial charge is 0.485 e. The summed E-state index contributed by atoms with van der Waals surface area (Å²) in [4.78, 5) is 11.5. The molecule has 0 amide bonds. The summed E-state index contributed by atoms with van der Waals surface area (Å²) in [6.07, 6.45) is 0. The van der Waals surface area contributed by atoms with Crippen molar-refractivity contribution in [2.45, 2.75) is 13.5 Å². The molecule has 0 atom stereocenters. The topological polar surface area (TPSA) is 65.5 Å². The molecule has 0 aliphatic rings. The quantitative estimate of drug-likeness (QED) is 0.413. The molecule has 136 valence electrons. The molecule has 0 bridgehead atoms. The number of benzene rings is 2. The third-order valence-electron chi connectivity index (χ3n) is 4.02. The van der Waals surface area contributed by atoms with E-state index in [2.05, 4.69) is 5.16 Å². The molecule has 2 heterocycles. The fraction of sp³-hybridized carbons (Fsp3) is 0.100. The molecule has 0 aliphatic heterocycles. The van der Waals surface area contributed by atoms with Gasteiger partial charge in [-0.25, -0.2) is 4.79 Å². The van der Waals surface area contributed by atoms with Gasteiger partial charge >= 0.3 is 5.63 Å². The molecule has 27 heavy (non-hydrogen) atoms. The molecule has 0 aliphatic carbocycles. The van der Waals surface area contributed by atoms with Crippen LogP contribution in [0.4, 0.5) is 0 Å². The predicted octanol–water partition coefficient (Wildman–Crippen LogP) is 5.64. The van der Waals surface area contributed by atoms with Gasteiger partial charge in [-0.3, -0.25) is 0 Å². The van der Waals surface area contributed by atoms with E-state index in [1.54, 1.807) is 30.3 Å². The van der Waals surface area contributed by atoms with Crippen molar-refractivity contribution in [3.63, 3.8) is 0 Å². The normalized spacial score (nSPS) is 11.1. The summed E-state index contributed by atoms with van der Waals surface area (Å²) < 4.78 is 16.3. The van der Waals surface area contributed by atoms with E-state index in [4.69, 9.17) is 36.9 Å². The van der Waals surface area contributed by atoms with Gasteiger partial charge in [0.2, 0.25) is 0 Å². The molecular weight excluding hydrogens is 389 g/mol. The van der Waals surface area contributed by atoms with Gasteiger partial charge in [-0.2, -0.15) is 0 Å². The molecular formula is C20H13Cl2NO4. The highest BCUT2D eigenvalue weighted by Gasteiger charge is 2.10. The zero-order valence-corrected chi connectivity index (χ0v) is 15.7. The van der Waals surface area contributed by atoms with E-state index in [1.165, 1.54) is 6.07 Å². The van der Waals surface area contributed by atoms with Gasteiger partial charge in [0.1, 0.15) is 23.6 Å². The van der Waals surface area contributed by atoms with Crippen molar-refractivity contribution in [1.82, 2.24) is 5.16 Å². The molecule has 2 aromatic carbocycles. The van der Waals surface area contributed by atoms with Crippen LogP contribution in [0.2, 0.25) is 10.0 Å². The van der Waals surface area contributed by atoms with Crippen molar-refractivity contribution in [2.24, 2.45) is 0 Å². The lowest BCUT2D eigenvalue weighted by atomic mass is 10.1. The fourth-order valence-corrected chi connectivity index (χ4v) is 3.29. The molecule has 0 N–H and O–H groups in total. The second-order valence-corrected chi connectivity index (χ2v) is 6.90. The zero-order chi connectivity index (χ0) is 19.0. The van der Waals surface area contributed by atoms with Crippen LogP contribution in [-0.4, -0.2) is 5.16 Å². The molecule has 0 unspecified atom stereocenters. The van der Waals surface area contributed by atoms with Crippen LogP contribution in [0, 0.1) is 6.92 Å². The fourth-order valence-electron chi connectivity index (χ4n) is 2.77. The molecule has 7 heteroatoms. The van der Waals surface area contributed by atoms with Gasteiger partial charge in [0.05, 0.1) is 0 Å². The molecule has 0 spiro atoms. The maximum atomic E-state index is 11.5. The van der Waals surface area contributed by atoms with Crippen LogP contribution < -0.4 is 10.4 Å². The molecule has 0 saturated heterocycles. The van der Waals surface area contributed by atoms with Gasteiger partial charge in [0.15, 0.2) is 5.76 Å². The van der Waals surface area contributed by atoms with E-state index < -0.39 is 5.63 Å². The number of rotatable bonds is 4. The number of nitrogens with zero attached hydrogens (tertiary/aromatic N) is 1.